The van der Waals surface area contributed by atoms with E-state index in [1.54, 1.807) is 10.6 Å². The third-order valence-corrected chi connectivity index (χ3v) is 3.08. The Balaban J connectivity index is 2.04. The van der Waals surface area contributed by atoms with Crippen LogP contribution in [0.5, 0.6) is 0 Å². The van der Waals surface area contributed by atoms with E-state index in [0.29, 0.717) is 23.9 Å². The van der Waals surface area contributed by atoms with Gasteiger partial charge in [0.1, 0.15) is 11.9 Å². The van der Waals surface area contributed by atoms with Crippen molar-refractivity contribution in [1.29, 1.82) is 0 Å². The monoisotopic (exact) mass is 247 g/mol. The molecule has 0 aliphatic carbocycles. The zero-order chi connectivity index (χ0) is 12.7. The lowest BCUT2D eigenvalue weighted by Gasteiger charge is -2.22. The van der Waals surface area contributed by atoms with E-state index in [1.165, 1.54) is 18.5 Å². The molecule has 18 heavy (non-hydrogen) atoms. The number of aromatic nitrogens is 2. The fourth-order valence-corrected chi connectivity index (χ4v) is 2.20. The summed E-state index contributed by atoms with van der Waals surface area (Å²) in [5.41, 5.74) is 1.19. The molecule has 1 unspecified atom stereocenters. The number of imide groups is 1. The maximum absolute atomic E-state index is 13.0. The van der Waals surface area contributed by atoms with Gasteiger partial charge in [0.05, 0.1) is 17.4 Å². The number of rotatable bonds is 1. The molecule has 6 heteroatoms. The summed E-state index contributed by atoms with van der Waals surface area (Å²) >= 11 is 0. The molecule has 0 saturated carbocycles. The van der Waals surface area contributed by atoms with Gasteiger partial charge in [-0.05, 0) is 18.6 Å². The third kappa shape index (κ3) is 1.66. The molecule has 1 N–H and O–H groups in total. The molecule has 92 valence electrons. The van der Waals surface area contributed by atoms with Gasteiger partial charge in [-0.3, -0.25) is 14.9 Å². The number of imidazole rings is 1. The number of carbonyl (C=O) groups is 2. The van der Waals surface area contributed by atoms with Crippen molar-refractivity contribution < 1.29 is 14.0 Å². The molecule has 1 aromatic heterocycles. The lowest BCUT2D eigenvalue weighted by Crippen LogP contribution is -2.41. The molecule has 2 aromatic rings. The Bertz CT molecular complexity index is 650. The van der Waals surface area contributed by atoms with Crippen molar-refractivity contribution in [2.24, 2.45) is 0 Å². The van der Waals surface area contributed by atoms with Crippen LogP contribution in [0.4, 0.5) is 4.39 Å². The lowest BCUT2D eigenvalue weighted by molar-refractivity contribution is -0.135. The molecule has 1 saturated heterocycles. The highest BCUT2D eigenvalue weighted by molar-refractivity contribution is 6.00. The SMILES string of the molecule is O=C1CCC(n2cnc3cc(F)ccc32)C(=O)N1. The van der Waals surface area contributed by atoms with E-state index in [2.05, 4.69) is 10.3 Å². The average Bonchev–Trinajstić information content (AvgIpc) is 2.72. The summed E-state index contributed by atoms with van der Waals surface area (Å²) < 4.78 is 14.7. The van der Waals surface area contributed by atoms with Crippen molar-refractivity contribution in [3.05, 3.63) is 30.3 Å². The van der Waals surface area contributed by atoms with Crippen LogP contribution in [-0.4, -0.2) is 21.4 Å². The van der Waals surface area contributed by atoms with Gasteiger partial charge < -0.3 is 4.57 Å². The third-order valence-electron chi connectivity index (χ3n) is 3.08. The highest BCUT2D eigenvalue weighted by atomic mass is 19.1. The van der Waals surface area contributed by atoms with E-state index in [0.717, 1.165) is 0 Å². The minimum atomic E-state index is -0.460. The summed E-state index contributed by atoms with van der Waals surface area (Å²) in [7, 11) is 0. The Hall–Kier alpha value is -2.24. The largest absolute Gasteiger partial charge is 0.318 e. The molecular formula is C12H10FN3O2. The van der Waals surface area contributed by atoms with Crippen LogP contribution in [0.3, 0.4) is 0 Å². The molecule has 0 spiro atoms. The molecule has 2 heterocycles. The Kier molecular flexibility index (Phi) is 2.36. The second-order valence-electron chi connectivity index (χ2n) is 4.25. The zero-order valence-electron chi connectivity index (χ0n) is 9.39. The van der Waals surface area contributed by atoms with Crippen molar-refractivity contribution >= 4 is 22.8 Å². The number of hydrogen-bond acceptors (Lipinski definition) is 3. The maximum Gasteiger partial charge on any atom is 0.249 e. The van der Waals surface area contributed by atoms with Gasteiger partial charge >= 0.3 is 0 Å². The van der Waals surface area contributed by atoms with Crippen molar-refractivity contribution in [3.8, 4) is 0 Å². The molecule has 5 nitrogen and oxygen atoms in total. The first-order valence-electron chi connectivity index (χ1n) is 5.61. The summed E-state index contributed by atoms with van der Waals surface area (Å²) in [6, 6.07) is 3.77. The number of amides is 2. The summed E-state index contributed by atoms with van der Waals surface area (Å²) in [6.45, 7) is 0. The Labute approximate surface area is 102 Å². The summed E-state index contributed by atoms with van der Waals surface area (Å²) in [5.74, 6) is -0.961. The molecule has 0 bridgehead atoms. The highest BCUT2D eigenvalue weighted by Crippen LogP contribution is 2.24. The first-order chi connectivity index (χ1) is 8.65. The first-order valence-corrected chi connectivity index (χ1v) is 5.61. The van der Waals surface area contributed by atoms with Crippen LogP contribution in [0.25, 0.3) is 11.0 Å². The van der Waals surface area contributed by atoms with E-state index >= 15 is 0 Å². The smallest absolute Gasteiger partial charge is 0.249 e. The second-order valence-corrected chi connectivity index (χ2v) is 4.25. The number of nitrogens with one attached hydrogen (secondary N) is 1. The first kappa shape index (κ1) is 10.9. The predicted octanol–water partition coefficient (Wildman–Crippen LogP) is 1.15. The van der Waals surface area contributed by atoms with E-state index in [1.807, 2.05) is 0 Å². The maximum atomic E-state index is 13.0. The Morgan fingerprint density at radius 2 is 2.22 bits per heavy atom. The van der Waals surface area contributed by atoms with Crippen LogP contribution in [-0.2, 0) is 9.59 Å². The van der Waals surface area contributed by atoms with Crippen molar-refractivity contribution in [2.75, 3.05) is 0 Å². The van der Waals surface area contributed by atoms with E-state index in [-0.39, 0.29) is 17.6 Å². The van der Waals surface area contributed by atoms with E-state index in [4.69, 9.17) is 0 Å². The minimum Gasteiger partial charge on any atom is -0.318 e. The van der Waals surface area contributed by atoms with Gasteiger partial charge in [0.15, 0.2) is 0 Å². The van der Waals surface area contributed by atoms with Gasteiger partial charge in [-0.25, -0.2) is 9.37 Å². The van der Waals surface area contributed by atoms with E-state index in [9.17, 15) is 14.0 Å². The van der Waals surface area contributed by atoms with Crippen LogP contribution in [0.15, 0.2) is 24.5 Å². The molecule has 2 amide bonds. The van der Waals surface area contributed by atoms with E-state index < -0.39 is 6.04 Å². The van der Waals surface area contributed by atoms with Crippen molar-refractivity contribution in [3.63, 3.8) is 0 Å². The fourth-order valence-electron chi connectivity index (χ4n) is 2.20. The van der Waals surface area contributed by atoms with Crippen molar-refractivity contribution in [1.82, 2.24) is 14.9 Å². The van der Waals surface area contributed by atoms with Gasteiger partial charge in [-0.1, -0.05) is 0 Å². The lowest BCUT2D eigenvalue weighted by atomic mass is 10.1. The fraction of sp³-hybridized carbons (Fsp3) is 0.250. The van der Waals surface area contributed by atoms with Crippen LogP contribution in [0.1, 0.15) is 18.9 Å². The summed E-state index contributed by atoms with van der Waals surface area (Å²) in [6.07, 6.45) is 2.24. The summed E-state index contributed by atoms with van der Waals surface area (Å²) in [5, 5.41) is 2.29. The molecule has 1 fully saturated rings. The van der Waals surface area contributed by atoms with Gasteiger partial charge in [0, 0.05) is 12.5 Å². The van der Waals surface area contributed by atoms with Gasteiger partial charge in [-0.2, -0.15) is 0 Å². The normalized spacial score (nSPS) is 20.2. The number of hydrogen-bond donors (Lipinski definition) is 1. The minimum absolute atomic E-state index is 0.258. The van der Waals surface area contributed by atoms with Gasteiger partial charge in [0.2, 0.25) is 11.8 Å². The molecule has 1 atom stereocenters. The molecule has 0 radical (unpaired) electrons. The molecule has 3 rings (SSSR count). The molecule has 1 aliphatic heterocycles. The molecular weight excluding hydrogens is 237 g/mol. The van der Waals surface area contributed by atoms with Gasteiger partial charge in [0.25, 0.3) is 0 Å². The van der Waals surface area contributed by atoms with Crippen LogP contribution >= 0.6 is 0 Å². The number of nitrogens with zero attached hydrogens (tertiary/aromatic N) is 2. The zero-order valence-corrected chi connectivity index (χ0v) is 9.39. The molecule has 1 aliphatic rings. The van der Waals surface area contributed by atoms with Crippen LogP contribution in [0.2, 0.25) is 0 Å². The number of benzene rings is 1. The summed E-state index contributed by atoms with van der Waals surface area (Å²) in [4.78, 5) is 26.9. The Morgan fingerprint density at radius 3 is 3.00 bits per heavy atom. The highest BCUT2D eigenvalue weighted by Gasteiger charge is 2.28. The number of fused-ring (bicyclic) bond motifs is 1. The topological polar surface area (TPSA) is 64.0 Å². The standard InChI is InChI=1S/C12H10FN3O2/c13-7-1-2-9-8(5-7)14-6-16(9)10-3-4-11(17)15-12(10)18/h1-2,5-6,10H,3-4H2,(H,15,17,18). The quantitative estimate of drug-likeness (QED) is 0.769. The second kappa shape index (κ2) is 3.90. The predicted molar refractivity (Wildman–Crippen MR) is 61.1 cm³/mol. The van der Waals surface area contributed by atoms with Gasteiger partial charge in [-0.15, -0.1) is 0 Å². The van der Waals surface area contributed by atoms with Crippen LogP contribution < -0.4 is 5.32 Å². The average molecular weight is 247 g/mol. The van der Waals surface area contributed by atoms with Crippen LogP contribution in [0, 0.1) is 5.82 Å². The number of carbonyl (C=O) groups excluding carboxylic acids is 2. The number of halogens is 1. The molecule has 1 aromatic carbocycles. The Morgan fingerprint density at radius 1 is 1.39 bits per heavy atom. The van der Waals surface area contributed by atoms with Crippen molar-refractivity contribution in [2.45, 2.75) is 18.9 Å². The number of piperidine rings is 1.